The lowest BCUT2D eigenvalue weighted by molar-refractivity contribution is -0.125. The van der Waals surface area contributed by atoms with Crippen LogP contribution in [0.15, 0.2) is 0 Å². The summed E-state index contributed by atoms with van der Waals surface area (Å²) in [5, 5.41) is 12.8. The van der Waals surface area contributed by atoms with E-state index in [1.165, 1.54) is 24.2 Å². The normalized spacial score (nSPS) is 26.2. The molecule has 2 aliphatic rings. The molecule has 0 spiro atoms. The van der Waals surface area contributed by atoms with Crippen molar-refractivity contribution < 1.29 is 19.4 Å². The number of hydrogen-bond donors (Lipinski definition) is 2. The fourth-order valence-corrected chi connectivity index (χ4v) is 3.34. The Kier molecular flexibility index (Phi) is 5.89. The van der Waals surface area contributed by atoms with Gasteiger partial charge in [-0.3, -0.25) is 9.69 Å². The molecule has 0 aromatic heterocycles. The topological polar surface area (TPSA) is 78.9 Å². The predicted octanol–water partition coefficient (Wildman–Crippen LogP) is 2.05. The molecular weight excluding hydrogens is 296 g/mol. The van der Waals surface area contributed by atoms with Crippen LogP contribution in [0.3, 0.4) is 0 Å². The molecule has 1 saturated heterocycles. The second-order valence-corrected chi connectivity index (χ2v) is 7.79. The molecule has 0 aromatic carbocycles. The second-order valence-electron chi connectivity index (χ2n) is 7.79. The molecule has 132 valence electrons. The molecule has 2 atom stereocenters. The van der Waals surface area contributed by atoms with Gasteiger partial charge in [-0.2, -0.15) is 0 Å². The van der Waals surface area contributed by atoms with Crippen LogP contribution in [0.2, 0.25) is 0 Å². The van der Waals surface area contributed by atoms with E-state index in [4.69, 9.17) is 4.74 Å². The summed E-state index contributed by atoms with van der Waals surface area (Å²) in [6.45, 7) is 6.17. The third-order valence-electron chi connectivity index (χ3n) is 4.50. The Labute approximate surface area is 138 Å². The number of hydrogen-bond acceptors (Lipinski definition) is 4. The van der Waals surface area contributed by atoms with Crippen molar-refractivity contribution in [1.29, 1.82) is 0 Å². The zero-order valence-corrected chi connectivity index (χ0v) is 14.5. The number of nitrogens with one attached hydrogen (secondary N) is 1. The van der Waals surface area contributed by atoms with Gasteiger partial charge in [-0.25, -0.2) is 4.79 Å². The summed E-state index contributed by atoms with van der Waals surface area (Å²) in [5.41, 5.74) is -0.617. The van der Waals surface area contributed by atoms with E-state index >= 15 is 0 Å². The van der Waals surface area contributed by atoms with Gasteiger partial charge in [-0.15, -0.1) is 0 Å². The average molecular weight is 326 g/mol. The van der Waals surface area contributed by atoms with Crippen molar-refractivity contribution in [2.75, 3.05) is 13.1 Å². The summed E-state index contributed by atoms with van der Waals surface area (Å²) in [6, 6.07) is -0.636. The van der Waals surface area contributed by atoms with Gasteiger partial charge in [-0.1, -0.05) is 19.3 Å². The van der Waals surface area contributed by atoms with E-state index in [0.717, 1.165) is 12.8 Å². The van der Waals surface area contributed by atoms with E-state index in [-0.39, 0.29) is 18.9 Å². The SMILES string of the molecule is CC(C)(C)OC(=O)N1CC(O)CC1C(=O)NCC1CCCCC1. The minimum atomic E-state index is -0.673. The minimum absolute atomic E-state index is 0.149. The molecule has 2 amide bonds. The van der Waals surface area contributed by atoms with Crippen molar-refractivity contribution in [3.05, 3.63) is 0 Å². The molecule has 1 aliphatic carbocycles. The van der Waals surface area contributed by atoms with Gasteiger partial charge in [-0.05, 0) is 39.5 Å². The highest BCUT2D eigenvalue weighted by molar-refractivity contribution is 5.86. The van der Waals surface area contributed by atoms with Crippen LogP contribution < -0.4 is 5.32 Å². The fourth-order valence-electron chi connectivity index (χ4n) is 3.34. The maximum absolute atomic E-state index is 12.4. The quantitative estimate of drug-likeness (QED) is 0.832. The summed E-state index contributed by atoms with van der Waals surface area (Å²) < 4.78 is 5.34. The van der Waals surface area contributed by atoms with Gasteiger partial charge >= 0.3 is 6.09 Å². The van der Waals surface area contributed by atoms with Gasteiger partial charge in [0.2, 0.25) is 5.91 Å². The van der Waals surface area contributed by atoms with Crippen molar-refractivity contribution in [1.82, 2.24) is 10.2 Å². The Balaban J connectivity index is 1.89. The molecule has 2 N–H and O–H groups in total. The molecule has 1 heterocycles. The van der Waals surface area contributed by atoms with Crippen molar-refractivity contribution in [3.8, 4) is 0 Å². The van der Waals surface area contributed by atoms with Crippen LogP contribution in [0.1, 0.15) is 59.3 Å². The Morgan fingerprint density at radius 1 is 1.22 bits per heavy atom. The number of nitrogens with zero attached hydrogens (tertiary/aromatic N) is 1. The Hall–Kier alpha value is -1.30. The van der Waals surface area contributed by atoms with Crippen LogP contribution >= 0.6 is 0 Å². The summed E-state index contributed by atoms with van der Waals surface area (Å²) in [4.78, 5) is 26.0. The number of carbonyl (C=O) groups excluding carboxylic acids is 2. The Morgan fingerprint density at radius 2 is 1.87 bits per heavy atom. The predicted molar refractivity (Wildman–Crippen MR) is 86.9 cm³/mol. The van der Waals surface area contributed by atoms with Crippen LogP contribution in [0, 0.1) is 5.92 Å². The Bertz CT molecular complexity index is 427. The summed E-state index contributed by atoms with van der Waals surface area (Å²) in [7, 11) is 0. The van der Waals surface area contributed by atoms with Gasteiger partial charge in [0.15, 0.2) is 0 Å². The first kappa shape index (κ1) is 18.0. The lowest BCUT2D eigenvalue weighted by Crippen LogP contribution is -2.48. The molecule has 0 aromatic rings. The molecule has 23 heavy (non-hydrogen) atoms. The zero-order valence-electron chi connectivity index (χ0n) is 14.5. The van der Waals surface area contributed by atoms with E-state index in [2.05, 4.69) is 5.32 Å². The molecule has 2 fully saturated rings. The minimum Gasteiger partial charge on any atom is -0.444 e. The number of rotatable bonds is 3. The van der Waals surface area contributed by atoms with Crippen molar-refractivity contribution in [2.24, 2.45) is 5.92 Å². The van der Waals surface area contributed by atoms with Crippen LogP contribution in [0.5, 0.6) is 0 Å². The third kappa shape index (κ3) is 5.37. The molecular formula is C17H30N2O4. The standard InChI is InChI=1S/C17H30N2O4/c1-17(2,3)23-16(22)19-11-13(20)9-14(19)15(21)18-10-12-7-5-4-6-8-12/h12-14,20H,4-11H2,1-3H3,(H,18,21). The molecule has 0 bridgehead atoms. The van der Waals surface area contributed by atoms with Gasteiger partial charge in [0.25, 0.3) is 0 Å². The zero-order chi connectivity index (χ0) is 17.0. The third-order valence-corrected chi connectivity index (χ3v) is 4.50. The first-order chi connectivity index (χ1) is 10.8. The highest BCUT2D eigenvalue weighted by atomic mass is 16.6. The molecule has 1 saturated carbocycles. The highest BCUT2D eigenvalue weighted by Crippen LogP contribution is 2.24. The van der Waals surface area contributed by atoms with Gasteiger partial charge < -0.3 is 15.2 Å². The number of likely N-dealkylation sites (tertiary alicyclic amines) is 1. The monoisotopic (exact) mass is 326 g/mol. The van der Waals surface area contributed by atoms with Crippen molar-refractivity contribution in [3.63, 3.8) is 0 Å². The Morgan fingerprint density at radius 3 is 2.48 bits per heavy atom. The van der Waals surface area contributed by atoms with E-state index < -0.39 is 23.8 Å². The molecule has 1 aliphatic heterocycles. The molecule has 2 unspecified atom stereocenters. The molecule has 6 nitrogen and oxygen atoms in total. The van der Waals surface area contributed by atoms with E-state index in [0.29, 0.717) is 12.5 Å². The lowest BCUT2D eigenvalue weighted by Gasteiger charge is -2.28. The summed E-state index contributed by atoms with van der Waals surface area (Å²) in [6.07, 6.45) is 5.12. The van der Waals surface area contributed by atoms with E-state index in [9.17, 15) is 14.7 Å². The first-order valence-electron chi connectivity index (χ1n) is 8.71. The number of aliphatic hydroxyl groups is 1. The lowest BCUT2D eigenvalue weighted by atomic mass is 9.89. The van der Waals surface area contributed by atoms with Crippen molar-refractivity contribution >= 4 is 12.0 Å². The van der Waals surface area contributed by atoms with Crippen LogP contribution in [0.4, 0.5) is 4.79 Å². The number of carbonyl (C=O) groups is 2. The maximum atomic E-state index is 12.4. The fraction of sp³-hybridized carbons (Fsp3) is 0.882. The number of ether oxygens (including phenoxy) is 1. The summed E-state index contributed by atoms with van der Waals surface area (Å²) >= 11 is 0. The van der Waals surface area contributed by atoms with Gasteiger partial charge in [0, 0.05) is 13.0 Å². The smallest absolute Gasteiger partial charge is 0.411 e. The van der Waals surface area contributed by atoms with Crippen LogP contribution in [-0.4, -0.2) is 52.8 Å². The van der Waals surface area contributed by atoms with E-state index in [1.807, 2.05) is 0 Å². The van der Waals surface area contributed by atoms with Crippen LogP contribution in [0.25, 0.3) is 0 Å². The average Bonchev–Trinajstić information content (AvgIpc) is 2.86. The number of aliphatic hydroxyl groups excluding tert-OH is 1. The summed E-state index contributed by atoms with van der Waals surface area (Å²) in [5.74, 6) is 0.354. The number of β-amino-alcohol motifs (C(OH)–C–C–N with tert-alkyl or cyclic N) is 1. The molecule has 0 radical (unpaired) electrons. The van der Waals surface area contributed by atoms with Gasteiger partial charge in [0.1, 0.15) is 11.6 Å². The highest BCUT2D eigenvalue weighted by Gasteiger charge is 2.40. The first-order valence-corrected chi connectivity index (χ1v) is 8.71. The largest absolute Gasteiger partial charge is 0.444 e. The van der Waals surface area contributed by atoms with Gasteiger partial charge in [0.05, 0.1) is 12.6 Å². The van der Waals surface area contributed by atoms with Crippen LogP contribution in [-0.2, 0) is 9.53 Å². The number of amides is 2. The van der Waals surface area contributed by atoms with E-state index in [1.54, 1.807) is 20.8 Å². The maximum Gasteiger partial charge on any atom is 0.411 e. The molecule has 2 rings (SSSR count). The second kappa shape index (κ2) is 7.51. The molecule has 6 heteroatoms. The van der Waals surface area contributed by atoms with Crippen molar-refractivity contribution in [2.45, 2.75) is 77.0 Å².